The normalized spacial score (nSPS) is 5.80. The zero-order valence-electron chi connectivity index (χ0n) is 5.54. The Bertz CT molecular complexity index is 127. The van der Waals surface area contributed by atoms with Crippen molar-refractivity contribution in [3.63, 3.8) is 0 Å². The van der Waals surface area contributed by atoms with Crippen LogP contribution in [0, 0.1) is 24.2 Å². The third-order valence-electron chi connectivity index (χ3n) is 0.374. The fourth-order valence-electron chi connectivity index (χ4n) is 0.112. The van der Waals surface area contributed by atoms with Gasteiger partial charge in [0, 0.05) is 0 Å². The summed E-state index contributed by atoms with van der Waals surface area (Å²) in [6.07, 6.45) is 4.53. The quantitative estimate of drug-likeness (QED) is 0.364. The molecule has 0 aliphatic heterocycles. The van der Waals surface area contributed by atoms with Gasteiger partial charge in [0.05, 0.1) is 0 Å². The molecule has 0 fully saturated rings. The van der Waals surface area contributed by atoms with Crippen molar-refractivity contribution < 1.29 is 15.3 Å². The Morgan fingerprint density at radius 2 is 1.20 bits per heavy atom. The van der Waals surface area contributed by atoms with Gasteiger partial charge < -0.3 is 15.3 Å². The fourth-order valence-corrected chi connectivity index (χ4v) is 0.112. The minimum Gasteiger partial charge on any atom is -0.384 e. The molecule has 0 amide bonds. The van der Waals surface area contributed by atoms with E-state index in [0.717, 1.165) is 0 Å². The molecule has 0 spiro atoms. The standard InChI is InChI=1S/C4H6O2.C3H4O/c5-3-1-2-4-6;1-2-3-4/h5-6H,3-4H2;1,4H,3H2. The van der Waals surface area contributed by atoms with Crippen molar-refractivity contribution in [2.75, 3.05) is 19.8 Å². The highest BCUT2D eigenvalue weighted by atomic mass is 16.3. The van der Waals surface area contributed by atoms with Crippen LogP contribution in [0.3, 0.4) is 0 Å². The van der Waals surface area contributed by atoms with Crippen LogP contribution in [0.4, 0.5) is 0 Å². The highest BCUT2D eigenvalue weighted by molar-refractivity contribution is 4.97. The van der Waals surface area contributed by atoms with E-state index >= 15 is 0 Å². The summed E-state index contributed by atoms with van der Waals surface area (Å²) in [6, 6.07) is 0. The van der Waals surface area contributed by atoms with E-state index in [1.54, 1.807) is 0 Å². The zero-order chi connectivity index (χ0) is 8.24. The van der Waals surface area contributed by atoms with Crippen molar-refractivity contribution in [3.8, 4) is 24.2 Å². The summed E-state index contributed by atoms with van der Waals surface area (Å²) in [4.78, 5) is 0. The predicted molar refractivity (Wildman–Crippen MR) is 37.9 cm³/mol. The number of hydrogen-bond acceptors (Lipinski definition) is 3. The minimum absolute atomic E-state index is 0.153. The second-order valence-corrected chi connectivity index (χ2v) is 1.03. The number of hydrogen-bond donors (Lipinski definition) is 3. The molecule has 10 heavy (non-hydrogen) atoms. The van der Waals surface area contributed by atoms with Crippen molar-refractivity contribution in [3.05, 3.63) is 0 Å². The van der Waals surface area contributed by atoms with Gasteiger partial charge >= 0.3 is 0 Å². The zero-order valence-corrected chi connectivity index (χ0v) is 5.54. The van der Waals surface area contributed by atoms with Gasteiger partial charge in [-0.2, -0.15) is 0 Å². The van der Waals surface area contributed by atoms with Crippen LogP contribution in [-0.4, -0.2) is 35.1 Å². The van der Waals surface area contributed by atoms with E-state index in [-0.39, 0.29) is 19.8 Å². The lowest BCUT2D eigenvalue weighted by atomic mass is 10.6. The van der Waals surface area contributed by atoms with Crippen LogP contribution in [-0.2, 0) is 0 Å². The Morgan fingerprint density at radius 1 is 0.900 bits per heavy atom. The van der Waals surface area contributed by atoms with Gasteiger partial charge in [-0.05, 0) is 0 Å². The van der Waals surface area contributed by atoms with Crippen LogP contribution < -0.4 is 0 Å². The second-order valence-electron chi connectivity index (χ2n) is 1.03. The second kappa shape index (κ2) is 15.7. The summed E-state index contributed by atoms with van der Waals surface area (Å²) >= 11 is 0. The molecule has 3 heteroatoms. The summed E-state index contributed by atoms with van der Waals surface area (Å²) in [6.45, 7) is -0.485. The maximum Gasteiger partial charge on any atom is 0.104 e. The summed E-state index contributed by atoms with van der Waals surface area (Å²) in [5.74, 6) is 6.49. The molecule has 0 unspecified atom stereocenters. The highest BCUT2D eigenvalue weighted by Gasteiger charge is 1.57. The van der Waals surface area contributed by atoms with Crippen molar-refractivity contribution >= 4 is 0 Å². The van der Waals surface area contributed by atoms with Gasteiger partial charge in [0.25, 0.3) is 0 Å². The SMILES string of the molecule is C#CCO.OCC#CCO. The van der Waals surface area contributed by atoms with Gasteiger partial charge in [-0.25, -0.2) is 0 Å². The van der Waals surface area contributed by atoms with Gasteiger partial charge in [0.1, 0.15) is 19.8 Å². The van der Waals surface area contributed by atoms with Gasteiger partial charge in [0.2, 0.25) is 0 Å². The van der Waals surface area contributed by atoms with Crippen LogP contribution >= 0.6 is 0 Å². The molecule has 3 N–H and O–H groups in total. The number of rotatable bonds is 0. The van der Waals surface area contributed by atoms with Gasteiger partial charge in [-0.3, -0.25) is 0 Å². The third kappa shape index (κ3) is 28.0. The molecular formula is C7H10O3. The van der Waals surface area contributed by atoms with E-state index in [4.69, 9.17) is 15.3 Å². The van der Waals surface area contributed by atoms with Crippen LogP contribution in [0.15, 0.2) is 0 Å². The molecule has 3 nitrogen and oxygen atoms in total. The van der Waals surface area contributed by atoms with Gasteiger partial charge in [-0.1, -0.05) is 17.8 Å². The van der Waals surface area contributed by atoms with E-state index in [9.17, 15) is 0 Å². The Balaban J connectivity index is 0. The number of aliphatic hydroxyl groups is 3. The van der Waals surface area contributed by atoms with E-state index in [2.05, 4.69) is 18.3 Å². The smallest absolute Gasteiger partial charge is 0.104 e. The first-order chi connectivity index (χ1) is 4.83. The van der Waals surface area contributed by atoms with Crippen LogP contribution in [0.5, 0.6) is 0 Å². The van der Waals surface area contributed by atoms with Crippen LogP contribution in [0.25, 0.3) is 0 Å². The monoisotopic (exact) mass is 142 g/mol. The van der Waals surface area contributed by atoms with E-state index in [0.29, 0.717) is 0 Å². The lowest BCUT2D eigenvalue weighted by Gasteiger charge is -1.66. The summed E-state index contributed by atoms with van der Waals surface area (Å²) in [5, 5.41) is 23.5. The van der Waals surface area contributed by atoms with Crippen LogP contribution in [0.2, 0.25) is 0 Å². The molecule has 0 saturated carbocycles. The topological polar surface area (TPSA) is 60.7 Å². The Hall–Kier alpha value is -1.00. The van der Waals surface area contributed by atoms with Crippen molar-refractivity contribution in [1.29, 1.82) is 0 Å². The summed E-state index contributed by atoms with van der Waals surface area (Å²) in [7, 11) is 0. The maximum atomic E-state index is 7.91. The predicted octanol–water partition coefficient (Wildman–Crippen LogP) is -1.41. The Morgan fingerprint density at radius 3 is 1.30 bits per heavy atom. The Labute approximate surface area is 60.3 Å². The van der Waals surface area contributed by atoms with Crippen molar-refractivity contribution in [2.24, 2.45) is 0 Å². The third-order valence-corrected chi connectivity index (χ3v) is 0.374. The number of aliphatic hydroxyl groups excluding tert-OH is 3. The van der Waals surface area contributed by atoms with E-state index in [1.165, 1.54) is 0 Å². The molecule has 0 aromatic heterocycles. The first kappa shape index (κ1) is 11.8. The van der Waals surface area contributed by atoms with E-state index < -0.39 is 0 Å². The molecule has 0 heterocycles. The average molecular weight is 142 g/mol. The lowest BCUT2D eigenvalue weighted by molar-refractivity contribution is 0.342. The van der Waals surface area contributed by atoms with Gasteiger partial charge in [-0.15, -0.1) is 6.42 Å². The average Bonchev–Trinajstić information content (AvgIpc) is 2.01. The molecular weight excluding hydrogens is 132 g/mol. The molecule has 56 valence electrons. The minimum atomic E-state index is -0.166. The molecule has 0 aromatic carbocycles. The van der Waals surface area contributed by atoms with Crippen molar-refractivity contribution in [1.82, 2.24) is 0 Å². The lowest BCUT2D eigenvalue weighted by Crippen LogP contribution is -1.74. The Kier molecular flexibility index (Phi) is 18.4. The molecule has 0 atom stereocenters. The molecule has 0 rings (SSSR count). The van der Waals surface area contributed by atoms with E-state index in [1.807, 2.05) is 5.92 Å². The molecule has 0 aliphatic carbocycles. The van der Waals surface area contributed by atoms with Crippen LogP contribution in [0.1, 0.15) is 0 Å². The number of terminal acetylenes is 1. The van der Waals surface area contributed by atoms with Gasteiger partial charge in [0.15, 0.2) is 0 Å². The molecule has 0 saturated heterocycles. The summed E-state index contributed by atoms with van der Waals surface area (Å²) < 4.78 is 0. The highest BCUT2D eigenvalue weighted by Crippen LogP contribution is 1.48. The molecule has 0 aliphatic rings. The maximum absolute atomic E-state index is 7.91. The fraction of sp³-hybridized carbons (Fsp3) is 0.429. The largest absolute Gasteiger partial charge is 0.384 e. The first-order valence-electron chi connectivity index (χ1n) is 2.55. The summed E-state index contributed by atoms with van der Waals surface area (Å²) in [5.41, 5.74) is 0. The molecule has 0 radical (unpaired) electrons. The van der Waals surface area contributed by atoms with Crippen molar-refractivity contribution in [2.45, 2.75) is 0 Å². The first-order valence-corrected chi connectivity index (χ1v) is 2.55. The molecule has 0 aromatic rings. The molecule has 0 bridgehead atoms.